The summed E-state index contributed by atoms with van der Waals surface area (Å²) in [7, 11) is 0. The van der Waals surface area contributed by atoms with Gasteiger partial charge in [0.15, 0.2) is 0 Å². The topological polar surface area (TPSA) is 101 Å². The van der Waals surface area contributed by atoms with Gasteiger partial charge in [-0.15, -0.1) is 0 Å². The van der Waals surface area contributed by atoms with E-state index < -0.39 is 22.8 Å². The SMILES string of the molecule is CC1(C(=O)O)C=CC=C(C(=O)O)C1.O=C(Cl)Oc1ccccc1. The Hall–Kier alpha value is -2.60. The van der Waals surface area contributed by atoms with Crippen molar-refractivity contribution in [1.82, 2.24) is 0 Å². The molecule has 0 fully saturated rings. The maximum Gasteiger partial charge on any atom is 0.409 e. The van der Waals surface area contributed by atoms with E-state index in [0.717, 1.165) is 0 Å². The van der Waals surface area contributed by atoms with Crippen LogP contribution in [0.2, 0.25) is 0 Å². The molecule has 0 aliphatic heterocycles. The average Bonchev–Trinajstić information content (AvgIpc) is 2.48. The zero-order valence-electron chi connectivity index (χ0n) is 12.2. The van der Waals surface area contributed by atoms with Crippen molar-refractivity contribution in [3.8, 4) is 5.75 Å². The van der Waals surface area contributed by atoms with Crippen molar-refractivity contribution in [1.29, 1.82) is 0 Å². The molecule has 0 aromatic heterocycles. The molecule has 0 radical (unpaired) electrons. The fourth-order valence-corrected chi connectivity index (χ4v) is 1.85. The number of halogens is 1. The van der Waals surface area contributed by atoms with Crippen LogP contribution < -0.4 is 4.74 Å². The lowest BCUT2D eigenvalue weighted by Gasteiger charge is -2.23. The molecule has 1 aromatic rings. The molecular formula is C16H15ClO6. The fraction of sp³-hybridized carbons (Fsp3) is 0.188. The molecule has 1 aromatic carbocycles. The Morgan fingerprint density at radius 3 is 2.26 bits per heavy atom. The normalized spacial score (nSPS) is 19.0. The zero-order chi connectivity index (χ0) is 17.5. The molecule has 1 unspecified atom stereocenters. The molecular weight excluding hydrogens is 324 g/mol. The first-order valence-corrected chi connectivity index (χ1v) is 6.90. The fourth-order valence-electron chi connectivity index (χ4n) is 1.77. The van der Waals surface area contributed by atoms with Crippen LogP contribution in [0.3, 0.4) is 0 Å². The summed E-state index contributed by atoms with van der Waals surface area (Å²) < 4.78 is 4.54. The van der Waals surface area contributed by atoms with Gasteiger partial charge in [0, 0.05) is 17.2 Å². The van der Waals surface area contributed by atoms with Crippen LogP contribution in [0.5, 0.6) is 5.75 Å². The minimum atomic E-state index is -1.08. The Labute approximate surface area is 137 Å². The van der Waals surface area contributed by atoms with Gasteiger partial charge in [-0.3, -0.25) is 4.79 Å². The molecule has 7 heteroatoms. The quantitative estimate of drug-likeness (QED) is 0.818. The summed E-state index contributed by atoms with van der Waals surface area (Å²) in [4.78, 5) is 31.5. The van der Waals surface area contributed by atoms with E-state index in [1.165, 1.54) is 25.2 Å². The first-order valence-electron chi connectivity index (χ1n) is 6.52. The van der Waals surface area contributed by atoms with E-state index in [4.69, 9.17) is 21.8 Å². The minimum Gasteiger partial charge on any atom is -0.481 e. The third-order valence-electron chi connectivity index (χ3n) is 3.02. The summed E-state index contributed by atoms with van der Waals surface area (Å²) in [6.45, 7) is 1.50. The number of ether oxygens (including phenoxy) is 1. The molecule has 2 rings (SSSR count). The summed E-state index contributed by atoms with van der Waals surface area (Å²) in [6.07, 6.45) is 4.43. The second-order valence-electron chi connectivity index (χ2n) is 4.91. The van der Waals surface area contributed by atoms with Gasteiger partial charge in [-0.1, -0.05) is 36.4 Å². The van der Waals surface area contributed by atoms with Crippen molar-refractivity contribution in [2.45, 2.75) is 13.3 Å². The Balaban J connectivity index is 0.000000238. The van der Waals surface area contributed by atoms with E-state index in [2.05, 4.69) is 4.74 Å². The van der Waals surface area contributed by atoms with Crippen LogP contribution in [0.4, 0.5) is 4.79 Å². The van der Waals surface area contributed by atoms with Crippen LogP contribution in [0.25, 0.3) is 0 Å². The van der Waals surface area contributed by atoms with Gasteiger partial charge in [0.2, 0.25) is 0 Å². The summed E-state index contributed by atoms with van der Waals surface area (Å²) >= 11 is 4.95. The van der Waals surface area contributed by atoms with Crippen LogP contribution in [-0.2, 0) is 9.59 Å². The lowest BCUT2D eigenvalue weighted by molar-refractivity contribution is -0.145. The zero-order valence-corrected chi connectivity index (χ0v) is 13.0. The van der Waals surface area contributed by atoms with Gasteiger partial charge in [-0.25, -0.2) is 9.59 Å². The van der Waals surface area contributed by atoms with E-state index in [1.54, 1.807) is 24.3 Å². The van der Waals surface area contributed by atoms with Crippen LogP contribution in [0.1, 0.15) is 13.3 Å². The highest BCUT2D eigenvalue weighted by Crippen LogP contribution is 2.31. The van der Waals surface area contributed by atoms with E-state index in [0.29, 0.717) is 5.75 Å². The highest BCUT2D eigenvalue weighted by atomic mass is 35.5. The molecule has 0 heterocycles. The number of hydrogen-bond donors (Lipinski definition) is 2. The molecule has 23 heavy (non-hydrogen) atoms. The third-order valence-corrected chi connectivity index (χ3v) is 3.10. The van der Waals surface area contributed by atoms with Crippen molar-refractivity contribution in [3.63, 3.8) is 0 Å². The van der Waals surface area contributed by atoms with Crippen LogP contribution in [0, 0.1) is 5.41 Å². The molecule has 1 aliphatic carbocycles. The molecule has 0 saturated heterocycles. The van der Waals surface area contributed by atoms with Gasteiger partial charge in [0.1, 0.15) is 5.75 Å². The number of carboxylic acid groups (broad SMARTS) is 2. The first kappa shape index (κ1) is 18.4. The smallest absolute Gasteiger partial charge is 0.409 e. The van der Waals surface area contributed by atoms with Gasteiger partial charge in [0.05, 0.1) is 5.41 Å². The summed E-state index contributed by atoms with van der Waals surface area (Å²) in [5.74, 6) is -1.60. The van der Waals surface area contributed by atoms with E-state index in [9.17, 15) is 14.4 Å². The third kappa shape index (κ3) is 5.96. The number of para-hydroxylation sites is 1. The number of aliphatic carboxylic acids is 2. The van der Waals surface area contributed by atoms with Crippen molar-refractivity contribution >= 4 is 29.0 Å². The predicted molar refractivity (Wildman–Crippen MR) is 83.5 cm³/mol. The van der Waals surface area contributed by atoms with E-state index in [-0.39, 0.29) is 12.0 Å². The standard InChI is InChI=1S/C9H10O4.C7H5ClO2/c1-9(8(12)13)4-2-3-6(5-9)7(10)11;8-7(9)10-6-4-2-1-3-5-6/h2-4H,5H2,1H3,(H,10,11)(H,12,13);1-5H. The summed E-state index contributed by atoms with van der Waals surface area (Å²) in [5.41, 5.74) is -1.76. The molecule has 0 spiro atoms. The monoisotopic (exact) mass is 338 g/mol. The molecule has 1 atom stereocenters. The Bertz CT molecular complexity index is 650. The summed E-state index contributed by atoms with van der Waals surface area (Å²) in [6, 6.07) is 8.65. The Morgan fingerprint density at radius 2 is 1.78 bits per heavy atom. The second kappa shape index (κ2) is 8.14. The molecule has 0 amide bonds. The average molecular weight is 339 g/mol. The maximum absolute atomic E-state index is 10.8. The minimum absolute atomic E-state index is 0.0359. The van der Waals surface area contributed by atoms with Crippen LogP contribution in [0.15, 0.2) is 54.1 Å². The van der Waals surface area contributed by atoms with E-state index >= 15 is 0 Å². The van der Waals surface area contributed by atoms with Crippen molar-refractivity contribution in [2.24, 2.45) is 5.41 Å². The van der Waals surface area contributed by atoms with Crippen LogP contribution >= 0.6 is 11.6 Å². The second-order valence-corrected chi connectivity index (χ2v) is 5.22. The first-order chi connectivity index (χ1) is 10.7. The van der Waals surface area contributed by atoms with Gasteiger partial charge < -0.3 is 14.9 Å². The number of allylic oxidation sites excluding steroid dienone is 2. The molecule has 0 bridgehead atoms. The summed E-state index contributed by atoms with van der Waals surface area (Å²) in [5, 5.41) is 17.5. The van der Waals surface area contributed by atoms with Crippen LogP contribution in [-0.4, -0.2) is 27.6 Å². The number of rotatable bonds is 3. The largest absolute Gasteiger partial charge is 0.481 e. The van der Waals surface area contributed by atoms with Gasteiger partial charge in [-0.05, 0) is 25.5 Å². The Kier molecular flexibility index (Phi) is 6.53. The molecule has 1 aliphatic rings. The predicted octanol–water partition coefficient (Wildman–Crippen LogP) is 3.47. The van der Waals surface area contributed by atoms with Gasteiger partial charge >= 0.3 is 17.4 Å². The van der Waals surface area contributed by atoms with Crippen molar-refractivity contribution in [2.75, 3.05) is 0 Å². The number of carbonyl (C=O) groups is 3. The molecule has 0 saturated carbocycles. The van der Waals surface area contributed by atoms with Crippen molar-refractivity contribution in [3.05, 3.63) is 54.1 Å². The number of carbonyl (C=O) groups excluding carboxylic acids is 1. The maximum atomic E-state index is 10.8. The molecule has 122 valence electrons. The molecule has 2 N–H and O–H groups in total. The lowest BCUT2D eigenvalue weighted by atomic mass is 9.80. The number of benzene rings is 1. The van der Waals surface area contributed by atoms with Gasteiger partial charge in [0.25, 0.3) is 0 Å². The number of carboxylic acids is 2. The molecule has 6 nitrogen and oxygen atoms in total. The highest BCUT2D eigenvalue weighted by molar-refractivity contribution is 6.61. The Morgan fingerprint density at radius 1 is 1.17 bits per heavy atom. The number of hydrogen-bond acceptors (Lipinski definition) is 4. The lowest BCUT2D eigenvalue weighted by Crippen LogP contribution is -2.28. The highest BCUT2D eigenvalue weighted by Gasteiger charge is 2.34. The van der Waals surface area contributed by atoms with E-state index in [1.807, 2.05) is 6.07 Å². The van der Waals surface area contributed by atoms with Crippen molar-refractivity contribution < 1.29 is 29.3 Å². The van der Waals surface area contributed by atoms with Gasteiger partial charge in [-0.2, -0.15) is 0 Å².